The molecule has 0 aliphatic carbocycles. The lowest BCUT2D eigenvalue weighted by atomic mass is 9.95. The van der Waals surface area contributed by atoms with Crippen molar-refractivity contribution in [3.63, 3.8) is 0 Å². The number of hydrogen-bond acceptors (Lipinski definition) is 3. The van der Waals surface area contributed by atoms with E-state index in [2.05, 4.69) is 50.2 Å². The lowest BCUT2D eigenvalue weighted by Crippen LogP contribution is -2.39. The maximum absolute atomic E-state index is 12.4. The first-order chi connectivity index (χ1) is 12.0. The van der Waals surface area contributed by atoms with Gasteiger partial charge in [-0.2, -0.15) is 5.10 Å². The molecule has 1 aliphatic rings. The first-order valence-electron chi connectivity index (χ1n) is 8.72. The molecule has 1 aromatic carbocycles. The van der Waals surface area contributed by atoms with E-state index in [4.69, 9.17) is 0 Å². The third kappa shape index (κ3) is 4.92. The van der Waals surface area contributed by atoms with E-state index in [1.54, 1.807) is 17.1 Å². The number of amides is 1. The molecule has 1 saturated heterocycles. The highest BCUT2D eigenvalue weighted by Crippen LogP contribution is 2.21. The summed E-state index contributed by atoms with van der Waals surface area (Å²) >= 11 is 3.48. The summed E-state index contributed by atoms with van der Waals surface area (Å²) in [5, 5.41) is 4.08. The van der Waals surface area contributed by atoms with Gasteiger partial charge >= 0.3 is 0 Å². The number of carbonyl (C=O) groups excluding carboxylic acids is 1. The van der Waals surface area contributed by atoms with Gasteiger partial charge in [0.25, 0.3) is 5.91 Å². The summed E-state index contributed by atoms with van der Waals surface area (Å²) in [5.74, 6) is 0.636. The van der Waals surface area contributed by atoms with Crippen LogP contribution in [-0.4, -0.2) is 52.2 Å². The number of likely N-dealkylation sites (tertiary alicyclic amines) is 1. The van der Waals surface area contributed by atoms with Crippen molar-refractivity contribution in [2.75, 3.05) is 26.7 Å². The molecule has 134 valence electrons. The van der Waals surface area contributed by atoms with Crippen molar-refractivity contribution in [1.29, 1.82) is 0 Å². The highest BCUT2D eigenvalue weighted by Gasteiger charge is 2.23. The number of carbonyl (C=O) groups is 1. The third-order valence-corrected chi connectivity index (χ3v) is 5.39. The van der Waals surface area contributed by atoms with Crippen LogP contribution >= 0.6 is 15.9 Å². The highest BCUT2D eigenvalue weighted by atomic mass is 79.9. The van der Waals surface area contributed by atoms with Crippen molar-refractivity contribution >= 4 is 21.8 Å². The minimum atomic E-state index is 0.0605. The van der Waals surface area contributed by atoms with Gasteiger partial charge < -0.3 is 4.90 Å². The maximum atomic E-state index is 12.4. The average molecular weight is 405 g/mol. The van der Waals surface area contributed by atoms with E-state index in [1.165, 1.54) is 5.56 Å². The minimum absolute atomic E-state index is 0.0605. The minimum Gasteiger partial charge on any atom is -0.341 e. The fraction of sp³-hybridized carbons (Fsp3) is 0.474. The van der Waals surface area contributed by atoms with Crippen LogP contribution in [0.15, 0.2) is 41.1 Å². The summed E-state index contributed by atoms with van der Waals surface area (Å²) in [6.45, 7) is 4.01. The zero-order chi connectivity index (χ0) is 17.8. The SMILES string of the molecule is CN(CC1CCN(Cc2ccc(Br)cc2)CC1)C(=O)c1cnn(C)c1. The second-order valence-corrected chi connectivity index (χ2v) is 7.85. The second kappa shape index (κ2) is 8.15. The van der Waals surface area contributed by atoms with Gasteiger partial charge in [-0.3, -0.25) is 14.4 Å². The number of piperidine rings is 1. The predicted octanol–water partition coefficient (Wildman–Crippen LogP) is 3.17. The van der Waals surface area contributed by atoms with Crippen LogP contribution in [0.2, 0.25) is 0 Å². The molecule has 1 aromatic heterocycles. The van der Waals surface area contributed by atoms with Crippen molar-refractivity contribution < 1.29 is 4.79 Å². The van der Waals surface area contributed by atoms with Gasteiger partial charge in [0.15, 0.2) is 0 Å². The van der Waals surface area contributed by atoms with Crippen molar-refractivity contribution in [2.24, 2.45) is 13.0 Å². The Morgan fingerprint density at radius 2 is 1.96 bits per heavy atom. The maximum Gasteiger partial charge on any atom is 0.256 e. The molecule has 0 spiro atoms. The molecule has 0 radical (unpaired) electrons. The first kappa shape index (κ1) is 18.1. The van der Waals surface area contributed by atoms with Crippen molar-refractivity contribution in [1.82, 2.24) is 19.6 Å². The number of aryl methyl sites for hydroxylation is 1. The van der Waals surface area contributed by atoms with Gasteiger partial charge in [-0.25, -0.2) is 0 Å². The Morgan fingerprint density at radius 1 is 1.28 bits per heavy atom. The lowest BCUT2D eigenvalue weighted by molar-refractivity contribution is 0.0737. The Bertz CT molecular complexity index is 704. The van der Waals surface area contributed by atoms with Gasteiger partial charge in [0, 0.05) is 37.9 Å². The number of hydrogen-bond donors (Lipinski definition) is 0. The quantitative estimate of drug-likeness (QED) is 0.768. The van der Waals surface area contributed by atoms with Crippen LogP contribution in [0.5, 0.6) is 0 Å². The monoisotopic (exact) mass is 404 g/mol. The molecule has 5 nitrogen and oxygen atoms in total. The van der Waals surface area contributed by atoms with Gasteiger partial charge in [0.2, 0.25) is 0 Å². The number of rotatable bonds is 5. The van der Waals surface area contributed by atoms with E-state index in [9.17, 15) is 4.79 Å². The molecule has 1 amide bonds. The van der Waals surface area contributed by atoms with Gasteiger partial charge in [0.05, 0.1) is 11.8 Å². The summed E-state index contributed by atoms with van der Waals surface area (Å²) in [6, 6.07) is 8.55. The van der Waals surface area contributed by atoms with Crippen LogP contribution in [0.25, 0.3) is 0 Å². The van der Waals surface area contributed by atoms with Crippen LogP contribution in [0.3, 0.4) is 0 Å². The molecule has 25 heavy (non-hydrogen) atoms. The molecule has 0 saturated carbocycles. The normalized spacial score (nSPS) is 16.1. The third-order valence-electron chi connectivity index (χ3n) is 4.86. The fourth-order valence-electron chi connectivity index (χ4n) is 3.40. The van der Waals surface area contributed by atoms with Crippen LogP contribution in [0, 0.1) is 5.92 Å². The molecule has 0 N–H and O–H groups in total. The van der Waals surface area contributed by atoms with Gasteiger partial charge in [-0.05, 0) is 49.5 Å². The molecule has 2 heterocycles. The standard InChI is InChI=1S/C19H25BrN4O/c1-22(19(25)17-11-21-23(2)14-17)12-16-7-9-24(10-8-16)13-15-3-5-18(20)6-4-15/h3-6,11,14,16H,7-10,12-13H2,1-2H3. The molecule has 0 atom stereocenters. The van der Waals surface area contributed by atoms with Crippen LogP contribution in [-0.2, 0) is 13.6 Å². The number of nitrogens with zero attached hydrogens (tertiary/aromatic N) is 4. The van der Waals surface area contributed by atoms with E-state index >= 15 is 0 Å². The Morgan fingerprint density at radius 3 is 2.56 bits per heavy atom. The van der Waals surface area contributed by atoms with Crippen LogP contribution in [0.1, 0.15) is 28.8 Å². The second-order valence-electron chi connectivity index (χ2n) is 6.93. The number of halogens is 1. The summed E-state index contributed by atoms with van der Waals surface area (Å²) in [6.07, 6.45) is 5.70. The zero-order valence-electron chi connectivity index (χ0n) is 14.9. The van der Waals surface area contributed by atoms with Crippen molar-refractivity contribution in [2.45, 2.75) is 19.4 Å². The van der Waals surface area contributed by atoms with Crippen molar-refractivity contribution in [3.05, 3.63) is 52.3 Å². The smallest absolute Gasteiger partial charge is 0.256 e. The predicted molar refractivity (Wildman–Crippen MR) is 102 cm³/mol. The van der Waals surface area contributed by atoms with Gasteiger partial charge in [-0.1, -0.05) is 28.1 Å². The van der Waals surface area contributed by atoms with E-state index in [0.29, 0.717) is 11.5 Å². The van der Waals surface area contributed by atoms with Crippen LogP contribution in [0.4, 0.5) is 0 Å². The number of benzene rings is 1. The molecule has 3 rings (SSSR count). The summed E-state index contributed by atoms with van der Waals surface area (Å²) < 4.78 is 2.79. The van der Waals surface area contributed by atoms with E-state index in [1.807, 2.05) is 19.0 Å². The van der Waals surface area contributed by atoms with Gasteiger partial charge in [0.1, 0.15) is 0 Å². The Hall–Kier alpha value is -1.66. The molecular formula is C19H25BrN4O. The zero-order valence-corrected chi connectivity index (χ0v) is 16.4. The van der Waals surface area contributed by atoms with E-state index < -0.39 is 0 Å². The Balaban J connectivity index is 1.45. The molecule has 2 aromatic rings. The summed E-state index contributed by atoms with van der Waals surface area (Å²) in [5.41, 5.74) is 2.02. The molecule has 0 bridgehead atoms. The highest BCUT2D eigenvalue weighted by molar-refractivity contribution is 9.10. The average Bonchev–Trinajstić information content (AvgIpc) is 3.04. The molecule has 6 heteroatoms. The van der Waals surface area contributed by atoms with E-state index in [0.717, 1.165) is 43.5 Å². The Labute approximate surface area is 157 Å². The summed E-state index contributed by atoms with van der Waals surface area (Å²) in [4.78, 5) is 16.8. The fourth-order valence-corrected chi connectivity index (χ4v) is 3.66. The topological polar surface area (TPSA) is 41.4 Å². The first-order valence-corrected chi connectivity index (χ1v) is 9.51. The largest absolute Gasteiger partial charge is 0.341 e. The van der Waals surface area contributed by atoms with Crippen LogP contribution < -0.4 is 0 Å². The number of aromatic nitrogens is 2. The van der Waals surface area contributed by atoms with Gasteiger partial charge in [-0.15, -0.1) is 0 Å². The molecule has 1 fully saturated rings. The van der Waals surface area contributed by atoms with E-state index in [-0.39, 0.29) is 5.91 Å². The molecule has 1 aliphatic heterocycles. The van der Waals surface area contributed by atoms with Crippen molar-refractivity contribution in [3.8, 4) is 0 Å². The molecular weight excluding hydrogens is 380 g/mol. The lowest BCUT2D eigenvalue weighted by Gasteiger charge is -2.33. The summed E-state index contributed by atoms with van der Waals surface area (Å²) in [7, 11) is 3.72. The Kier molecular flexibility index (Phi) is 5.91. The molecule has 0 unspecified atom stereocenters.